The standard InChI is InChI=1S/C19H24N2O3/c1-11(2)10-20-18(22)14(5)24-19(23)17-12(3)15-8-6-7-9-16(15)21-13(17)4/h6-9,11,14H,10H2,1-5H3,(H,20,22). The second-order valence-electron chi connectivity index (χ2n) is 6.40. The molecule has 5 heteroatoms. The normalized spacial score (nSPS) is 12.2. The van der Waals surface area contributed by atoms with Crippen molar-refractivity contribution < 1.29 is 14.3 Å². The van der Waals surface area contributed by atoms with Gasteiger partial charge in [0.25, 0.3) is 5.91 Å². The topological polar surface area (TPSA) is 68.3 Å². The van der Waals surface area contributed by atoms with Crippen LogP contribution in [-0.4, -0.2) is 29.5 Å². The number of nitrogens with zero attached hydrogens (tertiary/aromatic N) is 1. The lowest BCUT2D eigenvalue weighted by Crippen LogP contribution is -2.37. The maximum Gasteiger partial charge on any atom is 0.341 e. The van der Waals surface area contributed by atoms with Gasteiger partial charge in [-0.1, -0.05) is 32.0 Å². The molecule has 0 aliphatic rings. The van der Waals surface area contributed by atoms with Crippen molar-refractivity contribution in [2.45, 2.75) is 40.7 Å². The zero-order chi connectivity index (χ0) is 17.9. The highest BCUT2D eigenvalue weighted by atomic mass is 16.5. The van der Waals surface area contributed by atoms with Gasteiger partial charge in [-0.25, -0.2) is 4.79 Å². The Morgan fingerprint density at radius 3 is 2.50 bits per heavy atom. The number of para-hydroxylation sites is 1. The van der Waals surface area contributed by atoms with Gasteiger partial charge in [0, 0.05) is 11.9 Å². The van der Waals surface area contributed by atoms with Crippen LogP contribution in [0.25, 0.3) is 10.9 Å². The minimum atomic E-state index is -0.846. The molecule has 0 spiro atoms. The maximum absolute atomic E-state index is 12.5. The van der Waals surface area contributed by atoms with E-state index in [2.05, 4.69) is 10.3 Å². The number of hydrogen-bond acceptors (Lipinski definition) is 4. The number of rotatable bonds is 5. The number of carbonyl (C=O) groups excluding carboxylic acids is 2. The van der Waals surface area contributed by atoms with Crippen LogP contribution in [0.5, 0.6) is 0 Å². The number of pyridine rings is 1. The molecule has 0 saturated carbocycles. The van der Waals surface area contributed by atoms with Crippen molar-refractivity contribution in [1.82, 2.24) is 10.3 Å². The van der Waals surface area contributed by atoms with E-state index in [4.69, 9.17) is 4.74 Å². The number of fused-ring (bicyclic) bond motifs is 1. The molecule has 2 aromatic rings. The number of carbonyl (C=O) groups is 2. The first-order chi connectivity index (χ1) is 11.3. The Kier molecular flexibility index (Phi) is 5.54. The molecule has 1 unspecified atom stereocenters. The zero-order valence-corrected chi connectivity index (χ0v) is 14.8. The van der Waals surface area contributed by atoms with Crippen molar-refractivity contribution >= 4 is 22.8 Å². The number of amides is 1. The largest absolute Gasteiger partial charge is 0.449 e. The summed E-state index contributed by atoms with van der Waals surface area (Å²) in [5.74, 6) is -0.470. The van der Waals surface area contributed by atoms with E-state index in [1.807, 2.05) is 45.0 Å². The van der Waals surface area contributed by atoms with Gasteiger partial charge in [-0.15, -0.1) is 0 Å². The first-order valence-corrected chi connectivity index (χ1v) is 8.16. The minimum absolute atomic E-state index is 0.291. The van der Waals surface area contributed by atoms with Gasteiger partial charge in [-0.2, -0.15) is 0 Å². The molecule has 0 bridgehead atoms. The van der Waals surface area contributed by atoms with E-state index in [9.17, 15) is 9.59 Å². The highest BCUT2D eigenvalue weighted by molar-refractivity contribution is 5.99. The highest BCUT2D eigenvalue weighted by Gasteiger charge is 2.23. The Morgan fingerprint density at radius 2 is 1.83 bits per heavy atom. The van der Waals surface area contributed by atoms with Gasteiger partial charge in [0.05, 0.1) is 16.8 Å². The molecular weight excluding hydrogens is 304 g/mol. The Hall–Kier alpha value is -2.43. The number of ether oxygens (including phenoxy) is 1. The van der Waals surface area contributed by atoms with Crippen LogP contribution in [0.4, 0.5) is 0 Å². The van der Waals surface area contributed by atoms with Gasteiger partial charge < -0.3 is 10.1 Å². The Labute approximate surface area is 142 Å². The van der Waals surface area contributed by atoms with E-state index in [-0.39, 0.29) is 5.91 Å². The number of aryl methyl sites for hydroxylation is 2. The number of nitrogens with one attached hydrogen (secondary N) is 1. The van der Waals surface area contributed by atoms with Gasteiger partial charge in [0.2, 0.25) is 0 Å². The minimum Gasteiger partial charge on any atom is -0.449 e. The van der Waals surface area contributed by atoms with Gasteiger partial charge in [0.15, 0.2) is 6.10 Å². The molecule has 1 amide bonds. The lowest BCUT2D eigenvalue weighted by molar-refractivity contribution is -0.129. The van der Waals surface area contributed by atoms with Crippen LogP contribution in [0.15, 0.2) is 24.3 Å². The van der Waals surface area contributed by atoms with Gasteiger partial charge >= 0.3 is 5.97 Å². The molecule has 1 heterocycles. The molecule has 0 fully saturated rings. The number of hydrogen-bond donors (Lipinski definition) is 1. The summed E-state index contributed by atoms with van der Waals surface area (Å²) in [4.78, 5) is 29.0. The molecule has 0 saturated heterocycles. The predicted molar refractivity (Wildman–Crippen MR) is 93.9 cm³/mol. The lowest BCUT2D eigenvalue weighted by Gasteiger charge is -2.16. The zero-order valence-electron chi connectivity index (χ0n) is 14.8. The quantitative estimate of drug-likeness (QED) is 0.856. The molecule has 0 aliphatic carbocycles. The molecule has 1 N–H and O–H groups in total. The van der Waals surface area contributed by atoms with Crippen LogP contribution in [0.1, 0.15) is 42.4 Å². The van der Waals surface area contributed by atoms with E-state index in [0.717, 1.165) is 16.5 Å². The van der Waals surface area contributed by atoms with Crippen LogP contribution in [-0.2, 0) is 9.53 Å². The average Bonchev–Trinajstić information content (AvgIpc) is 2.52. The van der Waals surface area contributed by atoms with Gasteiger partial charge in [-0.05, 0) is 38.3 Å². The predicted octanol–water partition coefficient (Wildman–Crippen LogP) is 3.17. The van der Waals surface area contributed by atoms with Gasteiger partial charge in [0.1, 0.15) is 0 Å². The molecule has 0 aliphatic heterocycles. The van der Waals surface area contributed by atoms with Crippen molar-refractivity contribution in [3.63, 3.8) is 0 Å². The monoisotopic (exact) mass is 328 g/mol. The summed E-state index contributed by atoms with van der Waals surface area (Å²) in [6, 6.07) is 7.65. The molecule has 1 aromatic heterocycles. The number of aromatic nitrogens is 1. The summed E-state index contributed by atoms with van der Waals surface area (Å²) in [6.45, 7) is 9.79. The molecule has 0 radical (unpaired) electrons. The summed E-state index contributed by atoms with van der Waals surface area (Å²) < 4.78 is 5.35. The van der Waals surface area contributed by atoms with Crippen LogP contribution < -0.4 is 5.32 Å². The van der Waals surface area contributed by atoms with E-state index >= 15 is 0 Å². The van der Waals surface area contributed by atoms with Crippen molar-refractivity contribution in [3.8, 4) is 0 Å². The molecule has 24 heavy (non-hydrogen) atoms. The third-order valence-corrected chi connectivity index (χ3v) is 3.87. The first-order valence-electron chi connectivity index (χ1n) is 8.16. The highest BCUT2D eigenvalue weighted by Crippen LogP contribution is 2.23. The fourth-order valence-electron chi connectivity index (χ4n) is 2.55. The average molecular weight is 328 g/mol. The second kappa shape index (κ2) is 7.43. The SMILES string of the molecule is Cc1nc2ccccc2c(C)c1C(=O)OC(C)C(=O)NCC(C)C. The summed E-state index contributed by atoms with van der Waals surface area (Å²) in [6.07, 6.45) is -0.846. The smallest absolute Gasteiger partial charge is 0.341 e. The first kappa shape index (κ1) is 17.9. The number of benzene rings is 1. The second-order valence-corrected chi connectivity index (χ2v) is 6.40. The van der Waals surface area contributed by atoms with E-state index < -0.39 is 12.1 Å². The van der Waals surface area contributed by atoms with Crippen molar-refractivity contribution in [3.05, 3.63) is 41.1 Å². The third-order valence-electron chi connectivity index (χ3n) is 3.87. The van der Waals surface area contributed by atoms with Crippen LogP contribution in [0, 0.1) is 19.8 Å². The fourth-order valence-corrected chi connectivity index (χ4v) is 2.55. The van der Waals surface area contributed by atoms with Crippen molar-refractivity contribution in [2.75, 3.05) is 6.54 Å². The Bertz CT molecular complexity index is 769. The molecule has 128 valence electrons. The third kappa shape index (κ3) is 3.91. The van der Waals surface area contributed by atoms with Crippen molar-refractivity contribution in [2.24, 2.45) is 5.92 Å². The molecule has 2 rings (SSSR count). The fraction of sp³-hybridized carbons (Fsp3) is 0.421. The molecule has 1 aromatic carbocycles. The van der Waals surface area contributed by atoms with Crippen LogP contribution in [0.3, 0.4) is 0 Å². The number of esters is 1. The van der Waals surface area contributed by atoms with Gasteiger partial charge in [-0.3, -0.25) is 9.78 Å². The summed E-state index contributed by atoms with van der Waals surface area (Å²) in [7, 11) is 0. The van der Waals surface area contributed by atoms with E-state index in [0.29, 0.717) is 23.7 Å². The Balaban J connectivity index is 2.21. The Morgan fingerprint density at radius 1 is 1.17 bits per heavy atom. The lowest BCUT2D eigenvalue weighted by atomic mass is 10.0. The van der Waals surface area contributed by atoms with E-state index in [1.54, 1.807) is 13.8 Å². The van der Waals surface area contributed by atoms with Crippen LogP contribution in [0.2, 0.25) is 0 Å². The summed E-state index contributed by atoms with van der Waals surface area (Å²) in [5, 5.41) is 3.67. The summed E-state index contributed by atoms with van der Waals surface area (Å²) >= 11 is 0. The molecular formula is C19H24N2O3. The molecule has 1 atom stereocenters. The summed E-state index contributed by atoms with van der Waals surface area (Å²) in [5.41, 5.74) is 2.69. The maximum atomic E-state index is 12.5. The van der Waals surface area contributed by atoms with E-state index in [1.165, 1.54) is 0 Å². The van der Waals surface area contributed by atoms with Crippen LogP contribution >= 0.6 is 0 Å². The van der Waals surface area contributed by atoms with Crippen molar-refractivity contribution in [1.29, 1.82) is 0 Å². The molecule has 5 nitrogen and oxygen atoms in total.